The van der Waals surface area contributed by atoms with Crippen LogP contribution >= 0.6 is 0 Å². The number of sulfonamides is 1. The maximum absolute atomic E-state index is 11.2. The van der Waals surface area contributed by atoms with Gasteiger partial charge in [0.1, 0.15) is 0 Å². The molecule has 1 aromatic rings. The van der Waals surface area contributed by atoms with Crippen molar-refractivity contribution in [1.82, 2.24) is 0 Å². The van der Waals surface area contributed by atoms with Gasteiger partial charge in [-0.15, -0.1) is 0 Å². The summed E-state index contributed by atoms with van der Waals surface area (Å²) in [6.07, 6.45) is 4.79. The smallest absolute Gasteiger partial charge is 0.238 e. The van der Waals surface area contributed by atoms with Gasteiger partial charge in [0, 0.05) is 11.7 Å². The summed E-state index contributed by atoms with van der Waals surface area (Å²) in [7, 11) is -3.60. The third-order valence-electron chi connectivity index (χ3n) is 2.89. The molecule has 5 heteroatoms. The summed E-state index contributed by atoms with van der Waals surface area (Å²) in [5.74, 6) is 0. The van der Waals surface area contributed by atoms with Crippen LogP contribution < -0.4 is 10.5 Å². The molecule has 0 spiro atoms. The fraction of sp³-hybridized carbons (Fsp3) is 0.455. The minimum absolute atomic E-state index is 0.162. The maximum Gasteiger partial charge on any atom is 0.238 e. The van der Waals surface area contributed by atoms with Gasteiger partial charge < -0.3 is 5.32 Å². The molecular weight excluding hydrogens is 224 g/mol. The Morgan fingerprint density at radius 1 is 1.25 bits per heavy atom. The number of benzene rings is 1. The molecule has 3 N–H and O–H groups in total. The van der Waals surface area contributed by atoms with E-state index < -0.39 is 10.0 Å². The van der Waals surface area contributed by atoms with E-state index in [1.165, 1.54) is 18.9 Å². The summed E-state index contributed by atoms with van der Waals surface area (Å²) in [6, 6.07) is 7.14. The molecule has 0 saturated heterocycles. The van der Waals surface area contributed by atoms with Gasteiger partial charge in [-0.3, -0.25) is 0 Å². The van der Waals surface area contributed by atoms with Crippen LogP contribution in [0.5, 0.6) is 0 Å². The first kappa shape index (κ1) is 11.4. The molecule has 1 fully saturated rings. The van der Waals surface area contributed by atoms with Crippen molar-refractivity contribution in [3.05, 3.63) is 24.3 Å². The van der Waals surface area contributed by atoms with E-state index >= 15 is 0 Å². The number of rotatable bonds is 3. The molecule has 0 aliphatic heterocycles. The van der Waals surface area contributed by atoms with Gasteiger partial charge in [0.25, 0.3) is 0 Å². The van der Waals surface area contributed by atoms with E-state index in [2.05, 4.69) is 5.32 Å². The van der Waals surface area contributed by atoms with Crippen molar-refractivity contribution in [2.24, 2.45) is 5.14 Å². The Morgan fingerprint density at radius 3 is 2.56 bits per heavy atom. The Hall–Kier alpha value is -1.07. The molecule has 0 heterocycles. The number of hydrogen-bond acceptors (Lipinski definition) is 3. The van der Waals surface area contributed by atoms with E-state index in [1.807, 2.05) is 6.07 Å². The predicted octanol–water partition coefficient (Wildman–Crippen LogP) is 1.69. The van der Waals surface area contributed by atoms with Crippen LogP contribution in [0.3, 0.4) is 0 Å². The van der Waals surface area contributed by atoms with Crippen molar-refractivity contribution in [3.63, 3.8) is 0 Å². The first-order valence-corrected chi connectivity index (χ1v) is 7.00. The summed E-state index contributed by atoms with van der Waals surface area (Å²) in [6.45, 7) is 0. The Bertz CT molecular complexity index is 465. The highest BCUT2D eigenvalue weighted by atomic mass is 32.2. The van der Waals surface area contributed by atoms with Crippen molar-refractivity contribution in [2.45, 2.75) is 36.6 Å². The van der Waals surface area contributed by atoms with Crippen molar-refractivity contribution < 1.29 is 8.42 Å². The molecule has 0 atom stereocenters. The lowest BCUT2D eigenvalue weighted by atomic mass is 10.2. The Balaban J connectivity index is 2.16. The molecule has 1 aromatic carbocycles. The number of hydrogen-bond donors (Lipinski definition) is 2. The predicted molar refractivity (Wildman–Crippen MR) is 63.7 cm³/mol. The van der Waals surface area contributed by atoms with Crippen LogP contribution in [-0.4, -0.2) is 14.5 Å². The Kier molecular flexibility index (Phi) is 3.16. The van der Waals surface area contributed by atoms with Gasteiger partial charge in [-0.05, 0) is 31.0 Å². The van der Waals surface area contributed by atoms with Crippen LogP contribution in [0.1, 0.15) is 25.7 Å². The van der Waals surface area contributed by atoms with Crippen molar-refractivity contribution in [2.75, 3.05) is 5.32 Å². The zero-order chi connectivity index (χ0) is 11.6. The minimum Gasteiger partial charge on any atom is -0.382 e. The van der Waals surface area contributed by atoms with Crippen LogP contribution in [-0.2, 0) is 10.0 Å². The molecule has 1 aliphatic carbocycles. The fourth-order valence-electron chi connectivity index (χ4n) is 2.07. The lowest BCUT2D eigenvalue weighted by Gasteiger charge is -2.13. The highest BCUT2D eigenvalue weighted by molar-refractivity contribution is 7.89. The molecule has 16 heavy (non-hydrogen) atoms. The van der Waals surface area contributed by atoms with Crippen LogP contribution in [0.25, 0.3) is 0 Å². The van der Waals surface area contributed by atoms with Crippen LogP contribution in [0.2, 0.25) is 0 Å². The van der Waals surface area contributed by atoms with E-state index in [0.29, 0.717) is 6.04 Å². The van der Waals surface area contributed by atoms with Gasteiger partial charge in [0.15, 0.2) is 0 Å². The van der Waals surface area contributed by atoms with Crippen LogP contribution in [0.15, 0.2) is 29.2 Å². The molecule has 0 bridgehead atoms. The average molecular weight is 240 g/mol. The third kappa shape index (κ3) is 2.74. The lowest BCUT2D eigenvalue weighted by Crippen LogP contribution is -2.16. The number of nitrogens with one attached hydrogen (secondary N) is 1. The molecule has 0 radical (unpaired) electrons. The van der Waals surface area contributed by atoms with Crippen LogP contribution in [0, 0.1) is 0 Å². The molecular formula is C11H16N2O2S. The van der Waals surface area contributed by atoms with Gasteiger partial charge in [-0.2, -0.15) is 0 Å². The number of anilines is 1. The molecule has 1 saturated carbocycles. The van der Waals surface area contributed by atoms with Crippen molar-refractivity contribution in [1.29, 1.82) is 0 Å². The second-order valence-electron chi connectivity index (χ2n) is 4.20. The van der Waals surface area contributed by atoms with Gasteiger partial charge in [0.05, 0.1) is 4.90 Å². The molecule has 4 nitrogen and oxygen atoms in total. The first-order chi connectivity index (χ1) is 7.55. The topological polar surface area (TPSA) is 72.2 Å². The highest BCUT2D eigenvalue weighted by Gasteiger charge is 2.15. The van der Waals surface area contributed by atoms with E-state index in [0.717, 1.165) is 18.5 Å². The monoisotopic (exact) mass is 240 g/mol. The van der Waals surface area contributed by atoms with Crippen LogP contribution in [0.4, 0.5) is 5.69 Å². The summed E-state index contributed by atoms with van der Waals surface area (Å²) >= 11 is 0. The van der Waals surface area contributed by atoms with Gasteiger partial charge in [-0.25, -0.2) is 13.6 Å². The highest BCUT2D eigenvalue weighted by Crippen LogP contribution is 2.23. The van der Waals surface area contributed by atoms with Crippen molar-refractivity contribution >= 4 is 15.7 Å². The Labute approximate surface area is 95.9 Å². The van der Waals surface area contributed by atoms with Gasteiger partial charge >= 0.3 is 0 Å². The quantitative estimate of drug-likeness (QED) is 0.844. The Morgan fingerprint density at radius 2 is 1.94 bits per heavy atom. The molecule has 1 aliphatic rings. The van der Waals surface area contributed by atoms with E-state index in [4.69, 9.17) is 5.14 Å². The summed E-state index contributed by atoms with van der Waals surface area (Å²) in [5.41, 5.74) is 0.832. The van der Waals surface area contributed by atoms with Gasteiger partial charge in [0.2, 0.25) is 10.0 Å². The lowest BCUT2D eigenvalue weighted by molar-refractivity contribution is 0.598. The largest absolute Gasteiger partial charge is 0.382 e. The zero-order valence-corrected chi connectivity index (χ0v) is 9.83. The third-order valence-corrected chi connectivity index (χ3v) is 3.80. The van der Waals surface area contributed by atoms with E-state index in [-0.39, 0.29) is 4.90 Å². The molecule has 88 valence electrons. The number of nitrogens with two attached hydrogens (primary N) is 1. The molecule has 2 rings (SSSR count). The van der Waals surface area contributed by atoms with Gasteiger partial charge in [-0.1, -0.05) is 18.9 Å². The number of primary sulfonamides is 1. The van der Waals surface area contributed by atoms with E-state index in [1.54, 1.807) is 12.1 Å². The molecule has 0 unspecified atom stereocenters. The normalized spacial score (nSPS) is 17.6. The minimum atomic E-state index is -3.60. The summed E-state index contributed by atoms with van der Waals surface area (Å²) in [4.78, 5) is 0.162. The first-order valence-electron chi connectivity index (χ1n) is 5.45. The second kappa shape index (κ2) is 4.43. The van der Waals surface area contributed by atoms with E-state index in [9.17, 15) is 8.42 Å². The SMILES string of the molecule is NS(=O)(=O)c1cccc(NC2CCCC2)c1. The van der Waals surface area contributed by atoms with Crippen molar-refractivity contribution in [3.8, 4) is 0 Å². The summed E-state index contributed by atoms with van der Waals surface area (Å²) in [5, 5.41) is 8.41. The maximum atomic E-state index is 11.2. The molecule has 0 aromatic heterocycles. The average Bonchev–Trinajstić information content (AvgIpc) is 2.70. The standard InChI is InChI=1S/C11H16N2O2S/c12-16(14,15)11-7-3-6-10(8-11)13-9-4-1-2-5-9/h3,6-9,13H,1-2,4-5H2,(H2,12,14,15). The summed E-state index contributed by atoms with van der Waals surface area (Å²) < 4.78 is 22.3. The molecule has 0 amide bonds. The zero-order valence-electron chi connectivity index (χ0n) is 9.02. The second-order valence-corrected chi connectivity index (χ2v) is 5.76. The fourth-order valence-corrected chi connectivity index (χ4v) is 2.63.